The first-order valence-corrected chi connectivity index (χ1v) is 6.77. The lowest BCUT2D eigenvalue weighted by atomic mass is 9.94. The molecule has 1 aliphatic rings. The number of hydrogen-bond donors (Lipinski definition) is 1. The van der Waals surface area contributed by atoms with Gasteiger partial charge in [0.15, 0.2) is 0 Å². The Hall–Kier alpha value is -0.600. The summed E-state index contributed by atoms with van der Waals surface area (Å²) in [6, 6.07) is 2.12. The molecule has 1 N–H and O–H groups in total. The summed E-state index contributed by atoms with van der Waals surface area (Å²) in [6.45, 7) is 0. The van der Waals surface area contributed by atoms with Gasteiger partial charge in [-0.2, -0.15) is 9.98 Å². The van der Waals surface area contributed by atoms with E-state index in [4.69, 9.17) is 5.26 Å². The molecule has 0 bridgehead atoms. The molecule has 4 nitrogen and oxygen atoms in total. The van der Waals surface area contributed by atoms with Crippen molar-refractivity contribution in [2.75, 3.05) is 6.26 Å². The van der Waals surface area contributed by atoms with Crippen LogP contribution in [0.2, 0.25) is 0 Å². The fourth-order valence-electron chi connectivity index (χ4n) is 1.92. The van der Waals surface area contributed by atoms with Gasteiger partial charge >= 0.3 is 0 Å². The van der Waals surface area contributed by atoms with Gasteiger partial charge in [0.25, 0.3) is 0 Å². The van der Waals surface area contributed by atoms with Crippen LogP contribution in [0.15, 0.2) is 0 Å². The molecule has 14 heavy (non-hydrogen) atoms. The number of nitrogens with one attached hydrogen (secondary N) is 1. The van der Waals surface area contributed by atoms with Crippen LogP contribution >= 0.6 is 0 Å². The van der Waals surface area contributed by atoms with Crippen molar-refractivity contribution in [3.8, 4) is 6.07 Å². The molecular weight excluding hydrogens is 200 g/mol. The SMILES string of the molecule is CS(=O)(=O)NC1(C#N)CCCCCC1. The number of nitrogens with zero attached hydrogens (tertiary/aromatic N) is 1. The minimum atomic E-state index is -3.28. The predicted octanol–water partition coefficient (Wildman–Crippen LogP) is 1.15. The Kier molecular flexibility index (Phi) is 3.51. The van der Waals surface area contributed by atoms with Gasteiger partial charge in [-0.05, 0) is 12.8 Å². The first-order valence-electron chi connectivity index (χ1n) is 4.88. The second kappa shape index (κ2) is 4.28. The van der Waals surface area contributed by atoms with Crippen LogP contribution in [0.1, 0.15) is 38.5 Å². The summed E-state index contributed by atoms with van der Waals surface area (Å²) in [5.74, 6) is 0. The summed E-state index contributed by atoms with van der Waals surface area (Å²) < 4.78 is 24.7. The van der Waals surface area contributed by atoms with Crippen molar-refractivity contribution in [3.05, 3.63) is 0 Å². The van der Waals surface area contributed by atoms with Crippen molar-refractivity contribution in [3.63, 3.8) is 0 Å². The number of nitriles is 1. The van der Waals surface area contributed by atoms with E-state index in [2.05, 4.69) is 10.8 Å². The van der Waals surface area contributed by atoms with Gasteiger partial charge in [-0.1, -0.05) is 25.7 Å². The van der Waals surface area contributed by atoms with Crippen LogP contribution in [0.4, 0.5) is 0 Å². The summed E-state index contributed by atoms with van der Waals surface area (Å²) in [6.07, 6.45) is 6.42. The van der Waals surface area contributed by atoms with Crippen LogP contribution in [-0.4, -0.2) is 20.2 Å². The summed E-state index contributed by atoms with van der Waals surface area (Å²) in [4.78, 5) is 0. The topological polar surface area (TPSA) is 70.0 Å². The van der Waals surface area contributed by atoms with E-state index >= 15 is 0 Å². The van der Waals surface area contributed by atoms with Gasteiger partial charge < -0.3 is 0 Å². The zero-order valence-corrected chi connectivity index (χ0v) is 9.23. The molecule has 1 fully saturated rings. The Bertz CT molecular complexity index is 321. The van der Waals surface area contributed by atoms with Crippen LogP contribution in [0.5, 0.6) is 0 Å². The highest BCUT2D eigenvalue weighted by molar-refractivity contribution is 7.88. The van der Waals surface area contributed by atoms with Gasteiger partial charge in [-0.3, -0.25) is 0 Å². The molecule has 0 atom stereocenters. The average Bonchev–Trinajstić information content (AvgIpc) is 2.28. The van der Waals surface area contributed by atoms with E-state index in [1.54, 1.807) is 0 Å². The average molecular weight is 216 g/mol. The molecule has 1 saturated carbocycles. The van der Waals surface area contributed by atoms with Crippen LogP contribution in [-0.2, 0) is 10.0 Å². The van der Waals surface area contributed by atoms with E-state index in [1.807, 2.05) is 0 Å². The highest BCUT2D eigenvalue weighted by atomic mass is 32.2. The van der Waals surface area contributed by atoms with Crippen LogP contribution in [0.3, 0.4) is 0 Å². The second-order valence-electron chi connectivity index (χ2n) is 3.98. The van der Waals surface area contributed by atoms with Gasteiger partial charge in [-0.25, -0.2) is 8.42 Å². The molecule has 5 heteroatoms. The molecule has 0 amide bonds. The number of hydrogen-bond acceptors (Lipinski definition) is 3. The maximum absolute atomic E-state index is 11.1. The highest BCUT2D eigenvalue weighted by Crippen LogP contribution is 2.26. The summed E-state index contributed by atoms with van der Waals surface area (Å²) >= 11 is 0. The van der Waals surface area contributed by atoms with E-state index in [0.717, 1.165) is 31.9 Å². The monoisotopic (exact) mass is 216 g/mol. The molecule has 80 valence electrons. The van der Waals surface area contributed by atoms with E-state index in [-0.39, 0.29) is 0 Å². The normalized spacial score (nSPS) is 22.3. The summed E-state index contributed by atoms with van der Waals surface area (Å²) in [7, 11) is -3.28. The van der Waals surface area contributed by atoms with Crippen LogP contribution in [0.25, 0.3) is 0 Å². The molecule has 0 aliphatic heterocycles. The molecule has 0 aromatic rings. The van der Waals surface area contributed by atoms with Gasteiger partial charge in [0.1, 0.15) is 5.54 Å². The van der Waals surface area contributed by atoms with Gasteiger partial charge in [0.05, 0.1) is 12.3 Å². The molecule has 0 aromatic heterocycles. The molecule has 0 radical (unpaired) electrons. The Balaban J connectivity index is 2.79. The molecule has 1 aliphatic carbocycles. The van der Waals surface area contributed by atoms with Crippen molar-refractivity contribution < 1.29 is 8.42 Å². The molecule has 0 heterocycles. The molecule has 1 rings (SSSR count). The number of sulfonamides is 1. The first-order chi connectivity index (χ1) is 6.47. The summed E-state index contributed by atoms with van der Waals surface area (Å²) in [5, 5.41) is 9.05. The van der Waals surface area contributed by atoms with E-state index < -0.39 is 15.6 Å². The van der Waals surface area contributed by atoms with Gasteiger partial charge in [0, 0.05) is 0 Å². The van der Waals surface area contributed by atoms with Crippen LogP contribution in [0, 0.1) is 11.3 Å². The third kappa shape index (κ3) is 3.28. The molecule has 0 unspecified atom stereocenters. The lowest BCUT2D eigenvalue weighted by Crippen LogP contribution is -2.46. The standard InChI is InChI=1S/C9H16N2O2S/c1-14(12,13)11-9(8-10)6-4-2-3-5-7-9/h11H,2-7H2,1H3. The maximum atomic E-state index is 11.1. The Morgan fingerprint density at radius 3 is 2.07 bits per heavy atom. The lowest BCUT2D eigenvalue weighted by Gasteiger charge is -2.24. The zero-order chi connectivity index (χ0) is 10.7. The molecular formula is C9H16N2O2S. The van der Waals surface area contributed by atoms with Crippen molar-refractivity contribution in [2.45, 2.75) is 44.1 Å². The highest BCUT2D eigenvalue weighted by Gasteiger charge is 2.33. The Labute approximate surface area is 85.4 Å². The fraction of sp³-hybridized carbons (Fsp3) is 0.889. The van der Waals surface area contributed by atoms with Crippen LogP contribution < -0.4 is 4.72 Å². The Morgan fingerprint density at radius 1 is 1.21 bits per heavy atom. The van der Waals surface area contributed by atoms with E-state index in [0.29, 0.717) is 12.8 Å². The smallest absolute Gasteiger partial charge is 0.210 e. The quantitative estimate of drug-likeness (QED) is 0.704. The van der Waals surface area contributed by atoms with Crippen molar-refractivity contribution in [1.82, 2.24) is 4.72 Å². The molecule has 0 saturated heterocycles. The van der Waals surface area contributed by atoms with Crippen molar-refractivity contribution in [2.24, 2.45) is 0 Å². The number of rotatable bonds is 2. The van der Waals surface area contributed by atoms with E-state index in [1.165, 1.54) is 0 Å². The Morgan fingerprint density at radius 2 is 1.71 bits per heavy atom. The minimum absolute atomic E-state index is 0.635. The largest absolute Gasteiger partial charge is 0.213 e. The predicted molar refractivity (Wildman–Crippen MR) is 54.0 cm³/mol. The zero-order valence-electron chi connectivity index (χ0n) is 8.41. The third-order valence-corrected chi connectivity index (χ3v) is 3.31. The first kappa shape index (κ1) is 11.5. The molecule has 0 spiro atoms. The van der Waals surface area contributed by atoms with Gasteiger partial charge in [0.2, 0.25) is 10.0 Å². The van der Waals surface area contributed by atoms with E-state index in [9.17, 15) is 8.42 Å². The minimum Gasteiger partial charge on any atom is -0.213 e. The second-order valence-corrected chi connectivity index (χ2v) is 5.73. The maximum Gasteiger partial charge on any atom is 0.210 e. The lowest BCUT2D eigenvalue weighted by molar-refractivity contribution is 0.423. The summed E-state index contributed by atoms with van der Waals surface area (Å²) in [5.41, 5.74) is -0.843. The van der Waals surface area contributed by atoms with Crippen molar-refractivity contribution in [1.29, 1.82) is 5.26 Å². The molecule has 0 aromatic carbocycles. The fourth-order valence-corrected chi connectivity index (χ4v) is 2.88. The van der Waals surface area contributed by atoms with Gasteiger partial charge in [-0.15, -0.1) is 0 Å². The van der Waals surface area contributed by atoms with Crippen molar-refractivity contribution >= 4 is 10.0 Å². The third-order valence-electron chi connectivity index (χ3n) is 2.55.